The van der Waals surface area contributed by atoms with Crippen LogP contribution in [0.15, 0.2) is 18.2 Å². The van der Waals surface area contributed by atoms with E-state index < -0.39 is 0 Å². The molecule has 0 saturated carbocycles. The standard InChI is InChI=1S/C14H20ClN3O/c15-11-5-3-6-12(16)13(11)14(19)17-7-4-10-18-8-1-2-9-18/h3,5-6H,1-2,4,7-10,16H2,(H,17,19). The van der Waals surface area contributed by atoms with Crippen LogP contribution in [0.5, 0.6) is 0 Å². The second kappa shape index (κ2) is 6.78. The van der Waals surface area contributed by atoms with E-state index >= 15 is 0 Å². The predicted octanol–water partition coefficient (Wildman–Crippen LogP) is 2.14. The first-order valence-corrected chi connectivity index (χ1v) is 7.11. The number of hydrogen-bond acceptors (Lipinski definition) is 3. The van der Waals surface area contributed by atoms with Gasteiger partial charge < -0.3 is 16.0 Å². The fourth-order valence-electron chi connectivity index (χ4n) is 2.38. The smallest absolute Gasteiger partial charge is 0.254 e. The van der Waals surface area contributed by atoms with Gasteiger partial charge in [-0.05, 0) is 51.0 Å². The third kappa shape index (κ3) is 3.85. The number of amides is 1. The minimum atomic E-state index is -0.190. The average molecular weight is 282 g/mol. The Hall–Kier alpha value is -1.26. The van der Waals surface area contributed by atoms with Crippen molar-refractivity contribution in [1.29, 1.82) is 0 Å². The Morgan fingerprint density at radius 3 is 2.79 bits per heavy atom. The first kappa shape index (κ1) is 14.2. The Morgan fingerprint density at radius 2 is 2.11 bits per heavy atom. The van der Waals surface area contributed by atoms with E-state index in [0.717, 1.165) is 13.0 Å². The summed E-state index contributed by atoms with van der Waals surface area (Å²) >= 11 is 5.99. The van der Waals surface area contributed by atoms with E-state index in [1.165, 1.54) is 25.9 Å². The Labute approximate surface area is 118 Å². The van der Waals surface area contributed by atoms with Gasteiger partial charge >= 0.3 is 0 Å². The summed E-state index contributed by atoms with van der Waals surface area (Å²) in [6.07, 6.45) is 3.54. The summed E-state index contributed by atoms with van der Waals surface area (Å²) in [5.74, 6) is -0.190. The monoisotopic (exact) mass is 281 g/mol. The second-order valence-electron chi connectivity index (χ2n) is 4.86. The Balaban J connectivity index is 1.77. The van der Waals surface area contributed by atoms with Gasteiger partial charge in [-0.15, -0.1) is 0 Å². The van der Waals surface area contributed by atoms with Crippen LogP contribution in [0.25, 0.3) is 0 Å². The van der Waals surface area contributed by atoms with Crippen molar-refractivity contribution < 1.29 is 4.79 Å². The summed E-state index contributed by atoms with van der Waals surface area (Å²) < 4.78 is 0. The molecule has 1 aliphatic rings. The molecule has 0 spiro atoms. The van der Waals surface area contributed by atoms with Crippen LogP contribution in [0.1, 0.15) is 29.6 Å². The lowest BCUT2D eigenvalue weighted by Crippen LogP contribution is -2.29. The molecule has 0 bridgehead atoms. The molecule has 1 aromatic rings. The Morgan fingerprint density at radius 1 is 1.37 bits per heavy atom. The van der Waals surface area contributed by atoms with Crippen LogP contribution in [-0.2, 0) is 0 Å². The number of anilines is 1. The number of halogens is 1. The van der Waals surface area contributed by atoms with Crippen molar-refractivity contribution >= 4 is 23.2 Å². The zero-order valence-corrected chi connectivity index (χ0v) is 11.7. The number of nitrogens with zero attached hydrogens (tertiary/aromatic N) is 1. The van der Waals surface area contributed by atoms with Gasteiger partial charge in [0.2, 0.25) is 0 Å². The molecule has 19 heavy (non-hydrogen) atoms. The van der Waals surface area contributed by atoms with E-state index in [0.29, 0.717) is 22.8 Å². The SMILES string of the molecule is Nc1cccc(Cl)c1C(=O)NCCCN1CCCC1. The lowest BCUT2D eigenvalue weighted by atomic mass is 10.1. The van der Waals surface area contributed by atoms with Gasteiger partial charge in [0.25, 0.3) is 5.91 Å². The van der Waals surface area contributed by atoms with Crippen molar-refractivity contribution in [2.75, 3.05) is 31.9 Å². The summed E-state index contributed by atoms with van der Waals surface area (Å²) in [5, 5.41) is 3.27. The highest BCUT2D eigenvalue weighted by molar-refractivity contribution is 6.34. The van der Waals surface area contributed by atoms with Crippen LogP contribution in [0.2, 0.25) is 5.02 Å². The van der Waals surface area contributed by atoms with Gasteiger partial charge in [0.15, 0.2) is 0 Å². The van der Waals surface area contributed by atoms with Crippen LogP contribution in [0, 0.1) is 0 Å². The largest absolute Gasteiger partial charge is 0.398 e. The van der Waals surface area contributed by atoms with Gasteiger partial charge in [-0.25, -0.2) is 0 Å². The molecule has 1 aliphatic heterocycles. The van der Waals surface area contributed by atoms with Crippen molar-refractivity contribution in [3.63, 3.8) is 0 Å². The average Bonchev–Trinajstić information content (AvgIpc) is 2.87. The summed E-state index contributed by atoms with van der Waals surface area (Å²) in [7, 11) is 0. The summed E-state index contributed by atoms with van der Waals surface area (Å²) in [5.41, 5.74) is 6.57. The number of hydrogen-bond donors (Lipinski definition) is 2. The first-order chi connectivity index (χ1) is 9.18. The molecule has 5 heteroatoms. The second-order valence-corrected chi connectivity index (χ2v) is 5.27. The normalized spacial score (nSPS) is 15.6. The first-order valence-electron chi connectivity index (χ1n) is 6.73. The maximum Gasteiger partial charge on any atom is 0.254 e. The highest BCUT2D eigenvalue weighted by Crippen LogP contribution is 2.21. The fourth-order valence-corrected chi connectivity index (χ4v) is 2.65. The molecule has 0 aliphatic carbocycles. The molecule has 104 valence electrons. The zero-order valence-electron chi connectivity index (χ0n) is 11.0. The fraction of sp³-hybridized carbons (Fsp3) is 0.500. The quantitative estimate of drug-likeness (QED) is 0.642. The van der Waals surface area contributed by atoms with Gasteiger partial charge in [-0.3, -0.25) is 4.79 Å². The molecule has 1 amide bonds. The molecule has 1 aromatic carbocycles. The van der Waals surface area contributed by atoms with Gasteiger partial charge in [-0.2, -0.15) is 0 Å². The van der Waals surface area contributed by atoms with Crippen LogP contribution in [0.3, 0.4) is 0 Å². The van der Waals surface area contributed by atoms with Crippen molar-refractivity contribution in [2.45, 2.75) is 19.3 Å². The molecular formula is C14H20ClN3O. The third-order valence-corrected chi connectivity index (χ3v) is 3.72. The number of nitrogen functional groups attached to an aromatic ring is 1. The maximum atomic E-state index is 12.0. The molecule has 3 N–H and O–H groups in total. The van der Waals surface area contributed by atoms with Crippen molar-refractivity contribution in [2.24, 2.45) is 0 Å². The molecule has 0 unspecified atom stereocenters. The van der Waals surface area contributed by atoms with Crippen LogP contribution in [0.4, 0.5) is 5.69 Å². The summed E-state index contributed by atoms with van der Waals surface area (Å²) in [4.78, 5) is 14.4. The van der Waals surface area contributed by atoms with Gasteiger partial charge in [0, 0.05) is 12.2 Å². The summed E-state index contributed by atoms with van der Waals surface area (Å²) in [6.45, 7) is 4.06. The Bertz CT molecular complexity index is 424. The van der Waals surface area contributed by atoms with Gasteiger partial charge in [0.05, 0.1) is 10.6 Å². The van der Waals surface area contributed by atoms with Crippen LogP contribution < -0.4 is 11.1 Å². The minimum absolute atomic E-state index is 0.190. The molecular weight excluding hydrogens is 262 g/mol. The predicted molar refractivity (Wildman–Crippen MR) is 78.5 cm³/mol. The van der Waals surface area contributed by atoms with E-state index in [4.69, 9.17) is 17.3 Å². The lowest BCUT2D eigenvalue weighted by Gasteiger charge is -2.14. The van der Waals surface area contributed by atoms with Crippen LogP contribution in [-0.4, -0.2) is 37.0 Å². The lowest BCUT2D eigenvalue weighted by molar-refractivity contribution is 0.0953. The molecule has 1 fully saturated rings. The number of rotatable bonds is 5. The molecule has 0 radical (unpaired) electrons. The molecule has 0 atom stereocenters. The molecule has 1 saturated heterocycles. The number of nitrogens with one attached hydrogen (secondary N) is 1. The van der Waals surface area contributed by atoms with Crippen molar-refractivity contribution in [1.82, 2.24) is 10.2 Å². The summed E-state index contributed by atoms with van der Waals surface area (Å²) in [6, 6.07) is 5.10. The molecule has 4 nitrogen and oxygen atoms in total. The van der Waals surface area contributed by atoms with Crippen LogP contribution >= 0.6 is 11.6 Å². The highest BCUT2D eigenvalue weighted by atomic mass is 35.5. The topological polar surface area (TPSA) is 58.4 Å². The highest BCUT2D eigenvalue weighted by Gasteiger charge is 2.14. The number of nitrogens with two attached hydrogens (primary N) is 1. The van der Waals surface area contributed by atoms with E-state index in [1.54, 1.807) is 18.2 Å². The number of benzene rings is 1. The zero-order chi connectivity index (χ0) is 13.7. The van der Waals surface area contributed by atoms with E-state index in [9.17, 15) is 4.79 Å². The minimum Gasteiger partial charge on any atom is -0.398 e. The Kier molecular flexibility index (Phi) is 5.05. The van der Waals surface area contributed by atoms with E-state index in [2.05, 4.69) is 10.2 Å². The van der Waals surface area contributed by atoms with E-state index in [1.807, 2.05) is 0 Å². The van der Waals surface area contributed by atoms with Crippen molar-refractivity contribution in [3.8, 4) is 0 Å². The number of carbonyl (C=O) groups excluding carboxylic acids is 1. The van der Waals surface area contributed by atoms with Gasteiger partial charge in [-0.1, -0.05) is 17.7 Å². The maximum absolute atomic E-state index is 12.0. The number of likely N-dealkylation sites (tertiary alicyclic amines) is 1. The third-order valence-electron chi connectivity index (χ3n) is 3.41. The molecule has 0 aromatic heterocycles. The van der Waals surface area contributed by atoms with Gasteiger partial charge in [0.1, 0.15) is 0 Å². The van der Waals surface area contributed by atoms with E-state index in [-0.39, 0.29) is 5.91 Å². The van der Waals surface area contributed by atoms with Crippen molar-refractivity contribution in [3.05, 3.63) is 28.8 Å². The number of carbonyl (C=O) groups is 1. The molecule has 1 heterocycles. The molecule has 2 rings (SSSR count).